The Balaban J connectivity index is 1.58. The van der Waals surface area contributed by atoms with Crippen LogP contribution < -0.4 is 4.74 Å². The molecule has 5 rings (SSSR count). The molecule has 3 aromatic heterocycles. The zero-order valence-electron chi connectivity index (χ0n) is 15.2. The van der Waals surface area contributed by atoms with Crippen LogP contribution in [0, 0.1) is 6.92 Å². The number of hydrogen-bond acceptors (Lipinski definition) is 5. The highest BCUT2D eigenvalue weighted by Gasteiger charge is 2.15. The highest BCUT2D eigenvalue weighted by Crippen LogP contribution is 2.36. The second-order valence-electron chi connectivity index (χ2n) is 6.58. The van der Waals surface area contributed by atoms with Crippen molar-refractivity contribution in [3.63, 3.8) is 0 Å². The molecule has 5 aromatic rings. The SMILES string of the molecule is Cc1cc(-c2ncc(-c3ccc4cc[nH]c4c3)s2)c2ncc(OC(F)F)nc2c1. The molecule has 0 fully saturated rings. The number of benzene rings is 2. The van der Waals surface area contributed by atoms with Crippen LogP contribution in [-0.4, -0.2) is 26.5 Å². The average Bonchev–Trinajstić information content (AvgIpc) is 3.35. The number of alkyl halides is 2. The van der Waals surface area contributed by atoms with E-state index in [1.807, 2.05) is 31.5 Å². The molecular formula is C21H14F2N4OS. The highest BCUT2D eigenvalue weighted by atomic mass is 32.1. The summed E-state index contributed by atoms with van der Waals surface area (Å²) in [6, 6.07) is 12.0. The first-order valence-corrected chi connectivity index (χ1v) is 9.64. The van der Waals surface area contributed by atoms with Crippen molar-refractivity contribution < 1.29 is 13.5 Å². The van der Waals surface area contributed by atoms with Crippen LogP contribution >= 0.6 is 11.3 Å². The lowest BCUT2D eigenvalue weighted by atomic mass is 10.1. The zero-order valence-corrected chi connectivity index (χ0v) is 16.0. The van der Waals surface area contributed by atoms with Gasteiger partial charge in [-0.2, -0.15) is 8.78 Å². The number of fused-ring (bicyclic) bond motifs is 2. The van der Waals surface area contributed by atoms with Crippen LogP contribution in [0.2, 0.25) is 0 Å². The van der Waals surface area contributed by atoms with Gasteiger partial charge in [-0.1, -0.05) is 12.1 Å². The Morgan fingerprint density at radius 1 is 1.07 bits per heavy atom. The molecule has 0 saturated carbocycles. The largest absolute Gasteiger partial charge is 0.415 e. The molecule has 144 valence electrons. The summed E-state index contributed by atoms with van der Waals surface area (Å²) in [6.45, 7) is -1.02. The number of aromatic amines is 1. The third kappa shape index (κ3) is 3.31. The predicted octanol–water partition coefficient (Wildman–Crippen LogP) is 5.81. The van der Waals surface area contributed by atoms with E-state index in [0.717, 1.165) is 37.5 Å². The summed E-state index contributed by atoms with van der Waals surface area (Å²) in [7, 11) is 0. The van der Waals surface area contributed by atoms with E-state index in [-0.39, 0.29) is 5.88 Å². The van der Waals surface area contributed by atoms with Crippen LogP contribution in [0.15, 0.2) is 55.0 Å². The zero-order chi connectivity index (χ0) is 20.0. The van der Waals surface area contributed by atoms with Gasteiger partial charge in [-0.25, -0.2) is 15.0 Å². The summed E-state index contributed by atoms with van der Waals surface area (Å²) in [5.74, 6) is -0.205. The molecule has 8 heteroatoms. The minimum atomic E-state index is -2.94. The number of rotatable bonds is 4. The van der Waals surface area contributed by atoms with Gasteiger partial charge in [0.25, 0.3) is 0 Å². The standard InChI is InChI=1S/C21H14F2N4OS/c1-11-6-14(19-16(7-11)27-18(10-25-19)28-21(22)23)20-26-9-17(29-20)13-3-2-12-4-5-24-15(12)8-13/h2-10,21,24H,1H3. The number of hydrogen-bond donors (Lipinski definition) is 1. The predicted molar refractivity (Wildman–Crippen MR) is 109 cm³/mol. The summed E-state index contributed by atoms with van der Waals surface area (Å²) >= 11 is 1.54. The van der Waals surface area contributed by atoms with Crippen molar-refractivity contribution in [1.82, 2.24) is 19.9 Å². The Kier molecular flexibility index (Phi) is 4.21. The van der Waals surface area contributed by atoms with Gasteiger partial charge in [0.2, 0.25) is 5.88 Å². The maximum Gasteiger partial charge on any atom is 0.388 e. The van der Waals surface area contributed by atoms with E-state index in [2.05, 4.69) is 42.9 Å². The van der Waals surface area contributed by atoms with E-state index in [4.69, 9.17) is 0 Å². The van der Waals surface area contributed by atoms with Gasteiger partial charge in [-0.15, -0.1) is 11.3 Å². The van der Waals surface area contributed by atoms with Crippen LogP contribution in [0.4, 0.5) is 8.78 Å². The molecule has 0 unspecified atom stereocenters. The van der Waals surface area contributed by atoms with E-state index < -0.39 is 6.61 Å². The molecular weight excluding hydrogens is 394 g/mol. The summed E-state index contributed by atoms with van der Waals surface area (Å²) in [5.41, 5.74) is 4.96. The number of aryl methyl sites for hydroxylation is 1. The molecule has 0 radical (unpaired) electrons. The molecule has 0 atom stereocenters. The lowest BCUT2D eigenvalue weighted by Crippen LogP contribution is -2.04. The molecule has 0 aliphatic rings. The van der Waals surface area contributed by atoms with Gasteiger partial charge in [-0.3, -0.25) is 0 Å². The van der Waals surface area contributed by atoms with E-state index in [1.54, 1.807) is 17.4 Å². The van der Waals surface area contributed by atoms with E-state index >= 15 is 0 Å². The molecule has 0 spiro atoms. The summed E-state index contributed by atoms with van der Waals surface area (Å²) in [5, 5.41) is 1.94. The van der Waals surface area contributed by atoms with E-state index in [9.17, 15) is 8.78 Å². The van der Waals surface area contributed by atoms with Gasteiger partial charge in [0.05, 0.1) is 22.1 Å². The van der Waals surface area contributed by atoms with Gasteiger partial charge >= 0.3 is 6.61 Å². The quantitative estimate of drug-likeness (QED) is 0.407. The Morgan fingerprint density at radius 2 is 1.97 bits per heavy atom. The number of nitrogens with zero attached hydrogens (tertiary/aromatic N) is 3. The third-order valence-electron chi connectivity index (χ3n) is 4.55. The maximum atomic E-state index is 12.5. The van der Waals surface area contributed by atoms with Crippen LogP contribution in [-0.2, 0) is 0 Å². The molecule has 3 heterocycles. The Labute approximate surface area is 168 Å². The average molecular weight is 408 g/mol. The molecule has 29 heavy (non-hydrogen) atoms. The number of thiazole rings is 1. The van der Waals surface area contributed by atoms with Crippen molar-refractivity contribution in [1.29, 1.82) is 0 Å². The first-order chi connectivity index (χ1) is 14.1. The molecule has 5 nitrogen and oxygen atoms in total. The number of halogens is 2. The summed E-state index contributed by atoms with van der Waals surface area (Å²) in [6.07, 6.45) is 4.96. The third-order valence-corrected chi connectivity index (χ3v) is 5.63. The number of H-pyrrole nitrogens is 1. The van der Waals surface area contributed by atoms with E-state index in [1.165, 1.54) is 6.20 Å². The fourth-order valence-corrected chi connectivity index (χ4v) is 4.22. The molecule has 0 aliphatic carbocycles. The van der Waals surface area contributed by atoms with Crippen LogP contribution in [0.5, 0.6) is 5.88 Å². The minimum absolute atomic E-state index is 0.205. The molecule has 0 aliphatic heterocycles. The number of nitrogens with one attached hydrogen (secondary N) is 1. The summed E-state index contributed by atoms with van der Waals surface area (Å²) < 4.78 is 29.3. The molecule has 2 aromatic carbocycles. The second-order valence-corrected chi connectivity index (χ2v) is 7.61. The van der Waals surface area contributed by atoms with Crippen molar-refractivity contribution >= 4 is 33.3 Å². The van der Waals surface area contributed by atoms with Gasteiger partial charge in [0.15, 0.2) is 0 Å². The molecule has 0 bridgehead atoms. The van der Waals surface area contributed by atoms with Gasteiger partial charge in [-0.05, 0) is 47.7 Å². The normalized spacial score (nSPS) is 11.6. The fraction of sp³-hybridized carbons (Fsp3) is 0.0952. The lowest BCUT2D eigenvalue weighted by molar-refractivity contribution is -0.0528. The molecule has 0 amide bonds. The van der Waals surface area contributed by atoms with Crippen molar-refractivity contribution in [2.75, 3.05) is 0 Å². The smallest absolute Gasteiger partial charge is 0.388 e. The van der Waals surface area contributed by atoms with Gasteiger partial charge < -0.3 is 9.72 Å². The lowest BCUT2D eigenvalue weighted by Gasteiger charge is -2.07. The van der Waals surface area contributed by atoms with Crippen molar-refractivity contribution in [2.45, 2.75) is 13.5 Å². The minimum Gasteiger partial charge on any atom is -0.415 e. The fourth-order valence-electron chi connectivity index (χ4n) is 3.29. The van der Waals surface area contributed by atoms with Crippen molar-refractivity contribution in [3.05, 3.63) is 60.6 Å². The van der Waals surface area contributed by atoms with E-state index in [0.29, 0.717) is 11.0 Å². The first-order valence-electron chi connectivity index (χ1n) is 8.83. The van der Waals surface area contributed by atoms with Crippen LogP contribution in [0.3, 0.4) is 0 Å². The highest BCUT2D eigenvalue weighted by molar-refractivity contribution is 7.18. The summed E-state index contributed by atoms with van der Waals surface area (Å²) in [4.78, 5) is 17.3. The van der Waals surface area contributed by atoms with Gasteiger partial charge in [0.1, 0.15) is 5.01 Å². The second kappa shape index (κ2) is 6.89. The Morgan fingerprint density at radius 3 is 2.83 bits per heavy atom. The number of aromatic nitrogens is 4. The topological polar surface area (TPSA) is 63.7 Å². The maximum absolute atomic E-state index is 12.5. The molecule has 1 N–H and O–H groups in total. The van der Waals surface area contributed by atoms with Crippen LogP contribution in [0.1, 0.15) is 5.56 Å². The molecule has 0 saturated heterocycles. The number of ether oxygens (including phenoxy) is 1. The Bertz CT molecular complexity index is 1350. The van der Waals surface area contributed by atoms with Gasteiger partial charge in [0, 0.05) is 23.5 Å². The monoisotopic (exact) mass is 408 g/mol. The Hall–Kier alpha value is -3.39. The van der Waals surface area contributed by atoms with Crippen LogP contribution in [0.25, 0.3) is 42.9 Å². The van der Waals surface area contributed by atoms with Crippen molar-refractivity contribution in [2.24, 2.45) is 0 Å². The van der Waals surface area contributed by atoms with Crippen molar-refractivity contribution in [3.8, 4) is 26.9 Å². The first kappa shape index (κ1) is 17.7.